The predicted molar refractivity (Wildman–Crippen MR) is 129 cm³/mol. The summed E-state index contributed by atoms with van der Waals surface area (Å²) < 4.78 is 29.0. The van der Waals surface area contributed by atoms with Crippen molar-refractivity contribution in [2.24, 2.45) is 5.92 Å². The van der Waals surface area contributed by atoms with Gasteiger partial charge in [-0.1, -0.05) is 17.7 Å². The Labute approximate surface area is 196 Å². The van der Waals surface area contributed by atoms with Crippen LogP contribution in [0, 0.1) is 12.8 Å². The maximum Gasteiger partial charge on any atom is 0.241 e. The first-order valence-corrected chi connectivity index (χ1v) is 13.1. The van der Waals surface area contributed by atoms with Crippen LogP contribution in [-0.2, 0) is 14.8 Å². The summed E-state index contributed by atoms with van der Waals surface area (Å²) in [6.45, 7) is 6.94. The van der Waals surface area contributed by atoms with Crippen LogP contribution in [0.5, 0.6) is 0 Å². The van der Waals surface area contributed by atoms with Crippen LogP contribution in [0.2, 0.25) is 0 Å². The molecule has 1 unspecified atom stereocenters. The number of rotatable bonds is 8. The van der Waals surface area contributed by atoms with E-state index in [9.17, 15) is 13.2 Å². The van der Waals surface area contributed by atoms with Gasteiger partial charge in [0.05, 0.1) is 17.5 Å². The molecule has 2 aromatic rings. The van der Waals surface area contributed by atoms with Crippen LogP contribution in [0.25, 0.3) is 0 Å². The first-order chi connectivity index (χ1) is 15.9. The predicted octanol–water partition coefficient (Wildman–Crippen LogP) is 1.43. The number of carbonyl (C=O) groups excluding carboxylic acids is 1. The van der Waals surface area contributed by atoms with Crippen LogP contribution in [0.3, 0.4) is 0 Å². The second kappa shape index (κ2) is 10.7. The minimum absolute atomic E-state index is 0.00270. The number of pyridine rings is 1. The van der Waals surface area contributed by atoms with Gasteiger partial charge in [-0.2, -0.15) is 0 Å². The van der Waals surface area contributed by atoms with Crippen LogP contribution >= 0.6 is 0 Å². The molecule has 0 amide bonds. The molecule has 0 saturated carbocycles. The third-order valence-electron chi connectivity index (χ3n) is 6.60. The van der Waals surface area contributed by atoms with Gasteiger partial charge in [0.15, 0.2) is 5.78 Å². The molecule has 2 fully saturated rings. The first kappa shape index (κ1) is 23.8. The van der Waals surface area contributed by atoms with Gasteiger partial charge in [-0.25, -0.2) is 13.1 Å². The quantitative estimate of drug-likeness (QED) is 0.601. The zero-order chi connectivity index (χ0) is 23.3. The Bertz CT molecular complexity index is 1020. The van der Waals surface area contributed by atoms with Gasteiger partial charge in [-0.15, -0.1) is 0 Å². The smallest absolute Gasteiger partial charge is 0.241 e. The van der Waals surface area contributed by atoms with Gasteiger partial charge in [0.25, 0.3) is 0 Å². The van der Waals surface area contributed by atoms with Crippen molar-refractivity contribution in [1.29, 1.82) is 0 Å². The minimum Gasteiger partial charge on any atom is -0.369 e. The van der Waals surface area contributed by atoms with E-state index < -0.39 is 16.1 Å². The highest BCUT2D eigenvalue weighted by atomic mass is 32.2. The molecule has 9 heteroatoms. The highest BCUT2D eigenvalue weighted by molar-refractivity contribution is 7.89. The molecular formula is C24H33N5O3S. The number of hydrogen-bond donors (Lipinski definition) is 2. The molecule has 8 nitrogen and oxygen atoms in total. The molecule has 0 spiro atoms. The number of benzene rings is 1. The molecular weight excluding hydrogens is 438 g/mol. The highest BCUT2D eigenvalue weighted by Gasteiger charge is 2.34. The number of piperidine rings is 1. The Balaban J connectivity index is 1.42. The molecule has 2 N–H and O–H groups in total. The van der Waals surface area contributed by atoms with Crippen LogP contribution in [0.15, 0.2) is 53.7 Å². The fourth-order valence-electron chi connectivity index (χ4n) is 4.59. The molecule has 178 valence electrons. The van der Waals surface area contributed by atoms with Crippen molar-refractivity contribution in [2.45, 2.75) is 30.7 Å². The van der Waals surface area contributed by atoms with E-state index in [4.69, 9.17) is 0 Å². The molecule has 0 bridgehead atoms. The zero-order valence-electron chi connectivity index (χ0n) is 19.1. The molecule has 0 aliphatic carbocycles. The number of nitrogens with zero attached hydrogens (tertiary/aromatic N) is 3. The Morgan fingerprint density at radius 2 is 1.70 bits per heavy atom. The molecule has 4 rings (SSSR count). The van der Waals surface area contributed by atoms with Gasteiger partial charge < -0.3 is 10.2 Å². The van der Waals surface area contributed by atoms with Crippen LogP contribution < -0.4 is 14.9 Å². The minimum atomic E-state index is -3.78. The number of hydrogen-bond acceptors (Lipinski definition) is 7. The molecule has 1 aromatic carbocycles. The van der Waals surface area contributed by atoms with Crippen molar-refractivity contribution in [3.05, 3.63) is 54.4 Å². The lowest BCUT2D eigenvalue weighted by atomic mass is 9.88. The normalized spacial score (nSPS) is 19.4. The molecule has 2 aliphatic heterocycles. The van der Waals surface area contributed by atoms with E-state index in [-0.39, 0.29) is 23.1 Å². The summed E-state index contributed by atoms with van der Waals surface area (Å²) in [7, 11) is -3.78. The average molecular weight is 472 g/mol. The van der Waals surface area contributed by atoms with Crippen LogP contribution in [0.4, 0.5) is 5.69 Å². The summed E-state index contributed by atoms with van der Waals surface area (Å²) in [5.74, 6) is -0.0490. The third-order valence-corrected chi connectivity index (χ3v) is 8.05. The van der Waals surface area contributed by atoms with Crippen LogP contribution in [-0.4, -0.2) is 75.9 Å². The third kappa shape index (κ3) is 6.17. The Kier molecular flexibility index (Phi) is 7.75. The van der Waals surface area contributed by atoms with Gasteiger partial charge in [0.1, 0.15) is 0 Å². The standard InChI is InChI=1S/C24H33N5O3S/c1-19-2-4-22(5-3-19)33(31,32)27-24(20-6-10-25-11-7-20)23(30)18-28-14-16-29(17-15-28)21-8-12-26-13-9-21/h2-5,8-9,12-13,20,24-25,27H,6-7,10-11,14-18H2,1H3. The number of sulfonamides is 1. The molecule has 2 saturated heterocycles. The monoisotopic (exact) mass is 471 g/mol. The Hall–Kier alpha value is -2.33. The van der Waals surface area contributed by atoms with Gasteiger partial charge >= 0.3 is 0 Å². The number of anilines is 1. The lowest BCUT2D eigenvalue weighted by molar-refractivity contribution is -0.123. The van der Waals surface area contributed by atoms with E-state index in [0.717, 1.165) is 63.4 Å². The van der Waals surface area contributed by atoms with E-state index in [1.165, 1.54) is 0 Å². The van der Waals surface area contributed by atoms with Crippen LogP contribution in [0.1, 0.15) is 18.4 Å². The fourth-order valence-corrected chi connectivity index (χ4v) is 5.88. The van der Waals surface area contributed by atoms with Crippen molar-refractivity contribution in [3.63, 3.8) is 0 Å². The van der Waals surface area contributed by atoms with Crippen molar-refractivity contribution in [1.82, 2.24) is 19.9 Å². The lowest BCUT2D eigenvalue weighted by Gasteiger charge is -2.37. The second-order valence-corrected chi connectivity index (χ2v) is 10.6. The van der Waals surface area contributed by atoms with Gasteiger partial charge in [-0.3, -0.25) is 14.7 Å². The van der Waals surface area contributed by atoms with Gasteiger partial charge in [0, 0.05) is 44.3 Å². The summed E-state index contributed by atoms with van der Waals surface area (Å²) in [5, 5.41) is 3.30. The number of aromatic nitrogens is 1. The number of nitrogens with one attached hydrogen (secondary N) is 2. The van der Waals surface area contributed by atoms with E-state index in [1.807, 2.05) is 19.1 Å². The van der Waals surface area contributed by atoms with E-state index >= 15 is 0 Å². The zero-order valence-corrected chi connectivity index (χ0v) is 19.9. The highest BCUT2D eigenvalue weighted by Crippen LogP contribution is 2.21. The molecule has 2 aliphatic rings. The Morgan fingerprint density at radius 3 is 2.33 bits per heavy atom. The van der Waals surface area contributed by atoms with Crippen molar-refractivity contribution >= 4 is 21.5 Å². The summed E-state index contributed by atoms with van der Waals surface area (Å²) in [4.78, 5) is 22.1. The molecule has 0 radical (unpaired) electrons. The van der Waals surface area contributed by atoms with Crippen molar-refractivity contribution in [2.75, 3.05) is 50.7 Å². The van der Waals surface area contributed by atoms with Gasteiger partial charge in [0.2, 0.25) is 10.0 Å². The van der Waals surface area contributed by atoms with E-state index in [0.29, 0.717) is 0 Å². The number of ketones is 1. The maximum atomic E-state index is 13.4. The van der Waals surface area contributed by atoms with Crippen molar-refractivity contribution in [3.8, 4) is 0 Å². The molecule has 33 heavy (non-hydrogen) atoms. The van der Waals surface area contributed by atoms with E-state index in [2.05, 4.69) is 24.8 Å². The topological polar surface area (TPSA) is 94.6 Å². The number of Topliss-reactive ketones (excluding diaryl/α,β-unsaturated/α-hetero) is 1. The Morgan fingerprint density at radius 1 is 1.06 bits per heavy atom. The summed E-state index contributed by atoms with van der Waals surface area (Å²) in [5.41, 5.74) is 2.13. The average Bonchev–Trinajstić information content (AvgIpc) is 2.84. The largest absolute Gasteiger partial charge is 0.369 e. The van der Waals surface area contributed by atoms with Crippen molar-refractivity contribution < 1.29 is 13.2 Å². The second-order valence-electron chi connectivity index (χ2n) is 8.93. The first-order valence-electron chi connectivity index (χ1n) is 11.6. The summed E-state index contributed by atoms with van der Waals surface area (Å²) >= 11 is 0. The number of carbonyl (C=O) groups is 1. The fraction of sp³-hybridized carbons (Fsp3) is 0.500. The molecule has 1 aromatic heterocycles. The summed E-state index contributed by atoms with van der Waals surface area (Å²) in [6.07, 6.45) is 5.13. The number of aryl methyl sites for hydroxylation is 1. The molecule has 3 heterocycles. The lowest BCUT2D eigenvalue weighted by Crippen LogP contribution is -2.54. The summed E-state index contributed by atoms with van der Waals surface area (Å²) in [6, 6.07) is 10.0. The van der Waals surface area contributed by atoms with Gasteiger partial charge in [-0.05, 0) is 63.0 Å². The number of piperazine rings is 1. The maximum absolute atomic E-state index is 13.4. The SMILES string of the molecule is Cc1ccc(S(=O)(=O)NC(C(=O)CN2CCN(c3ccncc3)CC2)C2CCNCC2)cc1. The molecule has 1 atom stereocenters. The van der Waals surface area contributed by atoms with E-state index in [1.54, 1.807) is 36.7 Å².